The number of nitrogens with one attached hydrogen (secondary N) is 1. The second kappa shape index (κ2) is 8.54. The normalized spacial score (nSPS) is 15.5. The standard InChI is InChI=1S/C20H20N6O3S/c27-20(17-3-2-16(13-23-17)18-14-21-5-6-22-18)25-12-15-1-4-19(24-11-15)26-7-9-30(28,29)10-8-26/h1-6,11,13-14H,7-10,12H2,(H,25,27). The topological polar surface area (TPSA) is 118 Å². The first-order valence-electron chi connectivity index (χ1n) is 9.41. The summed E-state index contributed by atoms with van der Waals surface area (Å²) in [5.74, 6) is 0.747. The summed E-state index contributed by atoms with van der Waals surface area (Å²) < 4.78 is 23.1. The van der Waals surface area contributed by atoms with Crippen LogP contribution in [0.25, 0.3) is 11.3 Å². The third-order valence-corrected chi connectivity index (χ3v) is 6.39. The molecule has 1 fully saturated rings. The molecule has 1 N–H and O–H groups in total. The Bertz CT molecular complexity index is 1110. The van der Waals surface area contributed by atoms with Crippen molar-refractivity contribution in [1.29, 1.82) is 0 Å². The zero-order chi connectivity index (χ0) is 21.0. The predicted molar refractivity (Wildman–Crippen MR) is 112 cm³/mol. The van der Waals surface area contributed by atoms with E-state index in [0.717, 1.165) is 16.9 Å². The van der Waals surface area contributed by atoms with Gasteiger partial charge in [-0.3, -0.25) is 19.7 Å². The van der Waals surface area contributed by atoms with Crippen molar-refractivity contribution in [3.05, 3.63) is 66.5 Å². The van der Waals surface area contributed by atoms with E-state index in [2.05, 4.69) is 25.3 Å². The van der Waals surface area contributed by atoms with Gasteiger partial charge in [0.15, 0.2) is 9.84 Å². The fraction of sp³-hybridized carbons (Fsp3) is 0.250. The summed E-state index contributed by atoms with van der Waals surface area (Å²) in [5, 5.41) is 2.82. The van der Waals surface area contributed by atoms with Crippen LogP contribution in [0.2, 0.25) is 0 Å². The van der Waals surface area contributed by atoms with E-state index in [0.29, 0.717) is 31.0 Å². The molecule has 30 heavy (non-hydrogen) atoms. The molecular formula is C20H20N6O3S. The number of aromatic nitrogens is 4. The van der Waals surface area contributed by atoms with Crippen molar-refractivity contribution in [2.45, 2.75) is 6.54 Å². The molecule has 0 spiro atoms. The number of carbonyl (C=O) groups is 1. The molecule has 0 aliphatic carbocycles. The average molecular weight is 424 g/mol. The van der Waals surface area contributed by atoms with Gasteiger partial charge in [0.05, 0.1) is 23.4 Å². The van der Waals surface area contributed by atoms with E-state index in [4.69, 9.17) is 0 Å². The molecule has 4 rings (SSSR count). The fourth-order valence-electron chi connectivity index (χ4n) is 3.05. The van der Waals surface area contributed by atoms with Crippen LogP contribution in [-0.2, 0) is 16.4 Å². The summed E-state index contributed by atoms with van der Waals surface area (Å²) in [6, 6.07) is 7.13. The van der Waals surface area contributed by atoms with E-state index >= 15 is 0 Å². The lowest BCUT2D eigenvalue weighted by molar-refractivity contribution is 0.0946. The first-order valence-corrected chi connectivity index (χ1v) is 11.2. The summed E-state index contributed by atoms with van der Waals surface area (Å²) in [5.41, 5.74) is 2.62. The van der Waals surface area contributed by atoms with Crippen molar-refractivity contribution in [2.75, 3.05) is 29.5 Å². The molecule has 0 aromatic carbocycles. The maximum absolute atomic E-state index is 12.4. The number of hydrogen-bond donors (Lipinski definition) is 1. The Kier molecular flexibility index (Phi) is 5.66. The van der Waals surface area contributed by atoms with Crippen LogP contribution in [0.4, 0.5) is 5.82 Å². The number of anilines is 1. The maximum atomic E-state index is 12.4. The molecule has 3 aromatic heterocycles. The molecule has 4 heterocycles. The molecule has 1 aliphatic rings. The molecule has 9 nitrogen and oxygen atoms in total. The van der Waals surface area contributed by atoms with Gasteiger partial charge in [0.2, 0.25) is 0 Å². The van der Waals surface area contributed by atoms with Crippen LogP contribution in [0, 0.1) is 0 Å². The molecule has 0 saturated carbocycles. The van der Waals surface area contributed by atoms with Gasteiger partial charge in [-0.2, -0.15) is 0 Å². The van der Waals surface area contributed by atoms with Crippen molar-refractivity contribution in [3.8, 4) is 11.3 Å². The highest BCUT2D eigenvalue weighted by Gasteiger charge is 2.22. The van der Waals surface area contributed by atoms with Gasteiger partial charge in [0, 0.05) is 50.0 Å². The van der Waals surface area contributed by atoms with E-state index in [9.17, 15) is 13.2 Å². The van der Waals surface area contributed by atoms with E-state index in [1.54, 1.807) is 43.1 Å². The van der Waals surface area contributed by atoms with Crippen LogP contribution >= 0.6 is 0 Å². The molecular weight excluding hydrogens is 404 g/mol. The van der Waals surface area contributed by atoms with Gasteiger partial charge >= 0.3 is 0 Å². The van der Waals surface area contributed by atoms with Gasteiger partial charge in [0.1, 0.15) is 11.5 Å². The number of rotatable bonds is 5. The largest absolute Gasteiger partial charge is 0.355 e. The van der Waals surface area contributed by atoms with Crippen molar-refractivity contribution >= 4 is 21.6 Å². The minimum absolute atomic E-state index is 0.148. The molecule has 3 aromatic rings. The van der Waals surface area contributed by atoms with E-state index in [1.807, 2.05) is 17.0 Å². The lowest BCUT2D eigenvalue weighted by Gasteiger charge is -2.27. The molecule has 10 heteroatoms. The Morgan fingerprint density at radius 2 is 1.80 bits per heavy atom. The molecule has 0 atom stereocenters. The number of carbonyl (C=O) groups excluding carboxylic acids is 1. The highest BCUT2D eigenvalue weighted by molar-refractivity contribution is 7.91. The number of sulfone groups is 1. The van der Waals surface area contributed by atoms with Gasteiger partial charge < -0.3 is 10.2 Å². The van der Waals surface area contributed by atoms with Crippen LogP contribution in [0.5, 0.6) is 0 Å². The Balaban J connectivity index is 1.33. The molecule has 0 radical (unpaired) electrons. The molecule has 1 aliphatic heterocycles. The van der Waals surface area contributed by atoms with Crippen LogP contribution in [0.3, 0.4) is 0 Å². The van der Waals surface area contributed by atoms with Crippen LogP contribution in [0.1, 0.15) is 16.1 Å². The first kappa shape index (κ1) is 19.9. The fourth-order valence-corrected chi connectivity index (χ4v) is 4.25. The molecule has 1 saturated heterocycles. The third kappa shape index (κ3) is 4.77. The summed E-state index contributed by atoms with van der Waals surface area (Å²) in [4.78, 5) is 31.1. The van der Waals surface area contributed by atoms with Crippen LogP contribution in [0.15, 0.2) is 55.2 Å². The Hall–Kier alpha value is -3.40. The van der Waals surface area contributed by atoms with Gasteiger partial charge in [-0.15, -0.1) is 0 Å². The zero-order valence-corrected chi connectivity index (χ0v) is 16.9. The highest BCUT2D eigenvalue weighted by atomic mass is 32.2. The van der Waals surface area contributed by atoms with E-state index in [1.165, 1.54) is 0 Å². The van der Waals surface area contributed by atoms with Gasteiger partial charge in [-0.1, -0.05) is 6.07 Å². The third-order valence-electron chi connectivity index (χ3n) is 4.79. The number of nitrogens with zero attached hydrogens (tertiary/aromatic N) is 5. The quantitative estimate of drug-likeness (QED) is 0.647. The molecule has 1 amide bonds. The number of hydrogen-bond acceptors (Lipinski definition) is 8. The van der Waals surface area contributed by atoms with Crippen molar-refractivity contribution in [3.63, 3.8) is 0 Å². The highest BCUT2D eigenvalue weighted by Crippen LogP contribution is 2.16. The first-order chi connectivity index (χ1) is 14.5. The second-order valence-electron chi connectivity index (χ2n) is 6.87. The summed E-state index contributed by atoms with van der Waals surface area (Å²) >= 11 is 0. The smallest absolute Gasteiger partial charge is 0.270 e. The van der Waals surface area contributed by atoms with E-state index < -0.39 is 9.84 Å². The minimum atomic E-state index is -2.92. The molecule has 0 bridgehead atoms. The van der Waals surface area contributed by atoms with Crippen molar-refractivity contribution in [1.82, 2.24) is 25.3 Å². The number of pyridine rings is 2. The van der Waals surface area contributed by atoms with Gasteiger partial charge in [-0.05, 0) is 23.8 Å². The summed E-state index contributed by atoms with van der Waals surface area (Å²) in [7, 11) is -2.92. The summed E-state index contributed by atoms with van der Waals surface area (Å²) in [6.07, 6.45) is 8.10. The van der Waals surface area contributed by atoms with Crippen LogP contribution in [-0.4, -0.2) is 58.9 Å². The lowest BCUT2D eigenvalue weighted by atomic mass is 10.2. The maximum Gasteiger partial charge on any atom is 0.270 e. The van der Waals surface area contributed by atoms with E-state index in [-0.39, 0.29) is 17.4 Å². The van der Waals surface area contributed by atoms with Crippen molar-refractivity contribution in [2.24, 2.45) is 0 Å². The summed E-state index contributed by atoms with van der Waals surface area (Å²) in [6.45, 7) is 1.21. The minimum Gasteiger partial charge on any atom is -0.355 e. The predicted octanol–water partition coefficient (Wildman–Crippen LogP) is 1.10. The second-order valence-corrected chi connectivity index (χ2v) is 9.17. The van der Waals surface area contributed by atoms with Crippen LogP contribution < -0.4 is 10.2 Å². The molecule has 0 unspecified atom stereocenters. The van der Waals surface area contributed by atoms with Gasteiger partial charge in [-0.25, -0.2) is 13.4 Å². The zero-order valence-electron chi connectivity index (χ0n) is 16.1. The Morgan fingerprint density at radius 3 is 2.43 bits per heavy atom. The SMILES string of the molecule is O=C(NCc1ccc(N2CCS(=O)(=O)CC2)nc1)c1ccc(-c2cnccn2)cn1. The van der Waals surface area contributed by atoms with Crippen molar-refractivity contribution < 1.29 is 13.2 Å². The lowest BCUT2D eigenvalue weighted by Crippen LogP contribution is -2.40. The average Bonchev–Trinajstić information content (AvgIpc) is 2.79. The Morgan fingerprint density at radius 1 is 0.967 bits per heavy atom. The molecule has 154 valence electrons. The van der Waals surface area contributed by atoms with Gasteiger partial charge in [0.25, 0.3) is 5.91 Å². The Labute approximate surface area is 174 Å². The monoisotopic (exact) mass is 424 g/mol. The number of amides is 1.